The minimum absolute atomic E-state index is 1.01. The monoisotopic (exact) mass is 368 g/mol. The molecule has 0 spiro atoms. The third kappa shape index (κ3) is 2.80. The first-order valence-electron chi connectivity index (χ1n) is 4.22. The Kier molecular flexibility index (Phi) is 4.98. The zero-order valence-corrected chi connectivity index (χ0v) is 12.2. The zero-order chi connectivity index (χ0) is 9.84. The molecule has 0 fully saturated rings. The largest absolute Gasteiger partial charge is 0.0924 e. The highest BCUT2D eigenvalue weighted by Crippen LogP contribution is 2.28. The van der Waals surface area contributed by atoms with Gasteiger partial charge in [-0.2, -0.15) is 0 Å². The van der Waals surface area contributed by atoms with Crippen molar-refractivity contribution in [2.24, 2.45) is 0 Å². The summed E-state index contributed by atoms with van der Waals surface area (Å²) >= 11 is 10.6. The highest BCUT2D eigenvalue weighted by Gasteiger charge is 2.07. The molecule has 1 aromatic rings. The summed E-state index contributed by atoms with van der Waals surface area (Å²) in [6.07, 6.45) is 2.14. The quantitative estimate of drug-likeness (QED) is 0.676. The predicted octanol–water partition coefficient (Wildman–Crippen LogP) is 4.71. The van der Waals surface area contributed by atoms with Crippen LogP contribution in [0.25, 0.3) is 0 Å². The van der Waals surface area contributed by atoms with E-state index in [0.717, 1.165) is 18.2 Å². The van der Waals surface area contributed by atoms with E-state index in [1.807, 2.05) is 0 Å². The fourth-order valence-electron chi connectivity index (χ4n) is 1.38. The number of hydrogen-bond acceptors (Lipinski definition) is 0. The van der Waals surface area contributed by atoms with Crippen molar-refractivity contribution in [1.29, 1.82) is 0 Å². The summed E-state index contributed by atoms with van der Waals surface area (Å²) in [6.45, 7) is 2.18. The van der Waals surface area contributed by atoms with E-state index in [1.54, 1.807) is 0 Å². The minimum atomic E-state index is 1.01. The summed E-state index contributed by atoms with van der Waals surface area (Å²) in [5.74, 6) is 0. The number of alkyl halides is 1. The van der Waals surface area contributed by atoms with Crippen LogP contribution in [0.2, 0.25) is 0 Å². The van der Waals surface area contributed by atoms with Crippen LogP contribution in [0.15, 0.2) is 21.1 Å². The Labute approximate surface area is 104 Å². The van der Waals surface area contributed by atoms with Gasteiger partial charge in [0.2, 0.25) is 0 Å². The molecule has 0 nitrogen and oxygen atoms in total. The number of rotatable bonds is 3. The zero-order valence-electron chi connectivity index (χ0n) is 7.41. The van der Waals surface area contributed by atoms with Crippen LogP contribution in [-0.4, -0.2) is 5.33 Å². The molecule has 13 heavy (non-hydrogen) atoms. The average molecular weight is 371 g/mol. The molecule has 72 valence electrons. The molecule has 1 aromatic carbocycles. The summed E-state index contributed by atoms with van der Waals surface area (Å²) in [7, 11) is 0. The van der Waals surface area contributed by atoms with Gasteiger partial charge in [0.1, 0.15) is 0 Å². The average Bonchev–Trinajstić information content (AvgIpc) is 2.12. The Morgan fingerprint density at radius 2 is 1.62 bits per heavy atom. The van der Waals surface area contributed by atoms with Crippen LogP contribution in [0.3, 0.4) is 0 Å². The molecule has 0 bridgehead atoms. The first kappa shape index (κ1) is 11.7. The highest BCUT2D eigenvalue weighted by molar-refractivity contribution is 9.11. The lowest BCUT2D eigenvalue weighted by molar-refractivity contribution is 1.03. The van der Waals surface area contributed by atoms with Crippen molar-refractivity contribution in [3.05, 3.63) is 32.2 Å². The van der Waals surface area contributed by atoms with Crippen molar-refractivity contribution < 1.29 is 0 Å². The van der Waals surface area contributed by atoms with Crippen LogP contribution in [-0.2, 0) is 12.8 Å². The standard InChI is InChI=1S/C10H11Br3/c1-2-7-8(5-6-11)10(13)4-3-9(7)12/h3-4H,2,5-6H2,1H3. The van der Waals surface area contributed by atoms with E-state index < -0.39 is 0 Å². The van der Waals surface area contributed by atoms with E-state index in [9.17, 15) is 0 Å². The van der Waals surface area contributed by atoms with Gasteiger partial charge in [0.25, 0.3) is 0 Å². The van der Waals surface area contributed by atoms with Crippen LogP contribution in [0, 0.1) is 0 Å². The molecule has 0 aliphatic heterocycles. The van der Waals surface area contributed by atoms with Gasteiger partial charge in [-0.1, -0.05) is 54.7 Å². The summed E-state index contributed by atoms with van der Waals surface area (Å²) in [6, 6.07) is 4.20. The van der Waals surface area contributed by atoms with Crippen molar-refractivity contribution >= 4 is 47.8 Å². The van der Waals surface area contributed by atoms with Gasteiger partial charge >= 0.3 is 0 Å². The fraction of sp³-hybridized carbons (Fsp3) is 0.400. The van der Waals surface area contributed by atoms with Crippen molar-refractivity contribution in [2.75, 3.05) is 5.33 Å². The Morgan fingerprint density at radius 3 is 2.08 bits per heavy atom. The maximum Gasteiger partial charge on any atom is 0.0211 e. The highest BCUT2D eigenvalue weighted by atomic mass is 79.9. The lowest BCUT2D eigenvalue weighted by atomic mass is 10.0. The maximum atomic E-state index is 3.58. The maximum absolute atomic E-state index is 3.58. The first-order chi connectivity index (χ1) is 6.20. The molecule has 0 aromatic heterocycles. The predicted molar refractivity (Wildman–Crippen MR) is 68.7 cm³/mol. The third-order valence-electron chi connectivity index (χ3n) is 2.01. The Morgan fingerprint density at radius 1 is 1.08 bits per heavy atom. The second-order valence-corrected chi connectivity index (χ2v) is 5.28. The van der Waals surface area contributed by atoms with Crippen LogP contribution in [0.4, 0.5) is 0 Å². The molecule has 1 rings (SSSR count). The first-order valence-corrected chi connectivity index (χ1v) is 6.93. The van der Waals surface area contributed by atoms with E-state index in [4.69, 9.17) is 0 Å². The van der Waals surface area contributed by atoms with Crippen molar-refractivity contribution in [1.82, 2.24) is 0 Å². The second kappa shape index (κ2) is 5.52. The number of hydrogen-bond donors (Lipinski definition) is 0. The molecule has 0 aliphatic carbocycles. The summed E-state index contributed by atoms with van der Waals surface area (Å²) in [5.41, 5.74) is 2.82. The molecule has 0 saturated heterocycles. The molecular weight excluding hydrogens is 360 g/mol. The SMILES string of the molecule is CCc1c(Br)ccc(Br)c1CCBr. The molecule has 3 heteroatoms. The lowest BCUT2D eigenvalue weighted by Crippen LogP contribution is -1.96. The molecule has 0 unspecified atom stereocenters. The summed E-state index contributed by atoms with van der Waals surface area (Å²) < 4.78 is 2.43. The molecule has 0 radical (unpaired) electrons. The molecule has 0 amide bonds. The van der Waals surface area contributed by atoms with Gasteiger partial charge in [-0.25, -0.2) is 0 Å². The molecule has 0 atom stereocenters. The van der Waals surface area contributed by atoms with Crippen LogP contribution < -0.4 is 0 Å². The third-order valence-corrected chi connectivity index (χ3v) is 3.90. The molecule has 0 saturated carbocycles. The lowest BCUT2D eigenvalue weighted by Gasteiger charge is -2.10. The molecule has 0 N–H and O–H groups in total. The Hall–Kier alpha value is 0.660. The van der Waals surface area contributed by atoms with Crippen LogP contribution in [0.1, 0.15) is 18.1 Å². The van der Waals surface area contributed by atoms with Gasteiger partial charge < -0.3 is 0 Å². The van der Waals surface area contributed by atoms with E-state index in [1.165, 1.54) is 20.1 Å². The van der Waals surface area contributed by atoms with Crippen molar-refractivity contribution in [3.8, 4) is 0 Å². The van der Waals surface area contributed by atoms with Crippen LogP contribution >= 0.6 is 47.8 Å². The topological polar surface area (TPSA) is 0 Å². The fourth-order valence-corrected chi connectivity index (χ4v) is 3.00. The Bertz CT molecular complexity index is 294. The van der Waals surface area contributed by atoms with Gasteiger partial charge in [-0.3, -0.25) is 0 Å². The van der Waals surface area contributed by atoms with Gasteiger partial charge in [-0.05, 0) is 36.1 Å². The smallest absolute Gasteiger partial charge is 0.0211 e. The van der Waals surface area contributed by atoms with E-state index >= 15 is 0 Å². The minimum Gasteiger partial charge on any atom is -0.0924 e. The van der Waals surface area contributed by atoms with E-state index in [-0.39, 0.29) is 0 Å². The van der Waals surface area contributed by atoms with Gasteiger partial charge in [0.05, 0.1) is 0 Å². The molecule has 0 aliphatic rings. The Balaban J connectivity index is 3.18. The summed E-state index contributed by atoms with van der Waals surface area (Å²) in [4.78, 5) is 0. The number of benzene rings is 1. The summed E-state index contributed by atoms with van der Waals surface area (Å²) in [5, 5.41) is 1.01. The van der Waals surface area contributed by atoms with E-state index in [2.05, 4.69) is 66.8 Å². The molecule has 0 heterocycles. The second-order valence-electron chi connectivity index (χ2n) is 2.78. The number of halogens is 3. The van der Waals surface area contributed by atoms with Crippen molar-refractivity contribution in [2.45, 2.75) is 19.8 Å². The molecular formula is C10H11Br3. The van der Waals surface area contributed by atoms with Gasteiger partial charge in [0.15, 0.2) is 0 Å². The van der Waals surface area contributed by atoms with E-state index in [0.29, 0.717) is 0 Å². The van der Waals surface area contributed by atoms with Gasteiger partial charge in [0, 0.05) is 14.3 Å². The van der Waals surface area contributed by atoms with Crippen molar-refractivity contribution in [3.63, 3.8) is 0 Å². The van der Waals surface area contributed by atoms with Gasteiger partial charge in [-0.15, -0.1) is 0 Å². The van der Waals surface area contributed by atoms with Crippen LogP contribution in [0.5, 0.6) is 0 Å². The normalized spacial score (nSPS) is 10.5.